The molecule has 0 aliphatic rings. The molecule has 0 atom stereocenters. The summed E-state index contributed by atoms with van der Waals surface area (Å²) in [5.74, 6) is 1.87. The number of rotatable bonds is 9. The fraction of sp³-hybridized carbons (Fsp3) is 0.368. The summed E-state index contributed by atoms with van der Waals surface area (Å²) in [5, 5.41) is 1.12. The average molecular weight is 325 g/mol. The molecule has 0 radical (unpaired) electrons. The van der Waals surface area contributed by atoms with Crippen LogP contribution >= 0.6 is 0 Å². The minimum atomic E-state index is 0.677. The topological polar surface area (TPSA) is 70.8 Å². The molecule has 0 spiro atoms. The van der Waals surface area contributed by atoms with E-state index in [0.717, 1.165) is 72.3 Å². The second kappa shape index (κ2) is 7.81. The molecular weight excluding hydrogens is 302 g/mol. The molecule has 126 valence electrons. The molecule has 2 N–H and O–H groups in total. The van der Waals surface area contributed by atoms with Crippen molar-refractivity contribution < 1.29 is 9.53 Å². The fourth-order valence-electron chi connectivity index (χ4n) is 2.88. The molecular formula is C19H23N3O2. The quantitative estimate of drug-likeness (QED) is 0.456. The predicted molar refractivity (Wildman–Crippen MR) is 95.3 cm³/mol. The highest BCUT2D eigenvalue weighted by molar-refractivity contribution is 5.86. The first-order chi connectivity index (χ1) is 11.8. The Morgan fingerprint density at radius 2 is 1.96 bits per heavy atom. The van der Waals surface area contributed by atoms with Crippen molar-refractivity contribution in [1.29, 1.82) is 0 Å². The molecule has 3 aromatic rings. The van der Waals surface area contributed by atoms with Crippen molar-refractivity contribution in [3.63, 3.8) is 0 Å². The number of fused-ring (bicyclic) bond motifs is 1. The van der Waals surface area contributed by atoms with Gasteiger partial charge >= 0.3 is 0 Å². The second-order valence-electron chi connectivity index (χ2n) is 6.00. The SMILES string of the molecule is COc1ccc2[nH]c(-c3cnc(CCCCCCC=O)[nH]3)cc2c1. The van der Waals surface area contributed by atoms with Crippen molar-refractivity contribution in [3.8, 4) is 17.1 Å². The van der Waals surface area contributed by atoms with Crippen molar-refractivity contribution in [1.82, 2.24) is 15.0 Å². The number of carbonyl (C=O) groups is 1. The third-order valence-electron chi connectivity index (χ3n) is 4.23. The number of unbranched alkanes of at least 4 members (excludes halogenated alkanes) is 4. The average Bonchev–Trinajstić information content (AvgIpc) is 3.23. The van der Waals surface area contributed by atoms with Crippen LogP contribution in [0.4, 0.5) is 0 Å². The Morgan fingerprint density at radius 1 is 1.08 bits per heavy atom. The predicted octanol–water partition coefficient (Wildman–Crippen LogP) is 4.26. The van der Waals surface area contributed by atoms with Crippen LogP contribution in [-0.2, 0) is 11.2 Å². The van der Waals surface area contributed by atoms with Gasteiger partial charge in [-0.15, -0.1) is 0 Å². The summed E-state index contributed by atoms with van der Waals surface area (Å²) in [7, 11) is 1.68. The molecule has 0 aliphatic heterocycles. The maximum absolute atomic E-state index is 10.3. The van der Waals surface area contributed by atoms with Gasteiger partial charge in [0.1, 0.15) is 17.9 Å². The van der Waals surface area contributed by atoms with Crippen molar-refractivity contribution in [2.45, 2.75) is 38.5 Å². The zero-order valence-corrected chi connectivity index (χ0v) is 14.0. The number of aromatic nitrogens is 3. The van der Waals surface area contributed by atoms with E-state index in [2.05, 4.69) is 21.0 Å². The number of hydrogen-bond acceptors (Lipinski definition) is 3. The molecule has 0 fully saturated rings. The summed E-state index contributed by atoms with van der Waals surface area (Å²) in [6.45, 7) is 0. The van der Waals surface area contributed by atoms with E-state index in [-0.39, 0.29) is 0 Å². The number of aryl methyl sites for hydroxylation is 1. The van der Waals surface area contributed by atoms with Gasteiger partial charge in [0.05, 0.1) is 24.7 Å². The van der Waals surface area contributed by atoms with Gasteiger partial charge in [-0.2, -0.15) is 0 Å². The van der Waals surface area contributed by atoms with E-state index < -0.39 is 0 Å². The van der Waals surface area contributed by atoms with E-state index in [1.807, 2.05) is 24.4 Å². The maximum atomic E-state index is 10.3. The summed E-state index contributed by atoms with van der Waals surface area (Å²) < 4.78 is 5.27. The molecule has 2 aromatic heterocycles. The van der Waals surface area contributed by atoms with E-state index in [9.17, 15) is 4.79 Å². The highest BCUT2D eigenvalue weighted by atomic mass is 16.5. The Kier molecular flexibility index (Phi) is 5.31. The van der Waals surface area contributed by atoms with Gasteiger partial charge in [0.15, 0.2) is 0 Å². The molecule has 5 nitrogen and oxygen atoms in total. The number of carbonyl (C=O) groups excluding carboxylic acids is 1. The van der Waals surface area contributed by atoms with E-state index >= 15 is 0 Å². The van der Waals surface area contributed by atoms with E-state index in [1.165, 1.54) is 0 Å². The van der Waals surface area contributed by atoms with E-state index in [0.29, 0.717) is 6.42 Å². The Labute approximate surface area is 141 Å². The number of aldehydes is 1. The van der Waals surface area contributed by atoms with E-state index in [4.69, 9.17) is 4.74 Å². The van der Waals surface area contributed by atoms with Crippen molar-refractivity contribution in [2.24, 2.45) is 0 Å². The highest BCUT2D eigenvalue weighted by Gasteiger charge is 2.07. The molecule has 5 heteroatoms. The lowest BCUT2D eigenvalue weighted by Gasteiger charge is -1.98. The smallest absolute Gasteiger partial charge is 0.119 e. The number of methoxy groups -OCH3 is 1. The molecule has 1 aromatic carbocycles. The van der Waals surface area contributed by atoms with Crippen LogP contribution in [0, 0.1) is 0 Å². The number of H-pyrrole nitrogens is 2. The number of imidazole rings is 1. The van der Waals surface area contributed by atoms with Gasteiger partial charge in [-0.25, -0.2) is 4.98 Å². The van der Waals surface area contributed by atoms with E-state index in [1.54, 1.807) is 7.11 Å². The zero-order chi connectivity index (χ0) is 16.8. The van der Waals surface area contributed by atoms with Gasteiger partial charge in [-0.3, -0.25) is 0 Å². The Bertz CT molecular complexity index is 804. The van der Waals surface area contributed by atoms with Gasteiger partial charge < -0.3 is 19.5 Å². The first-order valence-corrected chi connectivity index (χ1v) is 8.45. The zero-order valence-electron chi connectivity index (χ0n) is 14.0. The number of aromatic amines is 2. The monoisotopic (exact) mass is 325 g/mol. The number of hydrogen-bond donors (Lipinski definition) is 2. The molecule has 3 rings (SSSR count). The molecule has 0 saturated heterocycles. The molecule has 2 heterocycles. The van der Waals surface area contributed by atoms with Crippen LogP contribution < -0.4 is 4.74 Å². The normalized spacial score (nSPS) is 11.0. The van der Waals surface area contributed by atoms with Crippen LogP contribution in [0.2, 0.25) is 0 Å². The van der Waals surface area contributed by atoms with Gasteiger partial charge in [-0.05, 0) is 37.1 Å². The second-order valence-corrected chi connectivity index (χ2v) is 6.00. The fourth-order valence-corrected chi connectivity index (χ4v) is 2.88. The number of nitrogens with zero attached hydrogens (tertiary/aromatic N) is 1. The molecule has 0 amide bonds. The van der Waals surface area contributed by atoms with Crippen molar-refractivity contribution in [3.05, 3.63) is 36.3 Å². The van der Waals surface area contributed by atoms with Gasteiger partial charge in [0, 0.05) is 23.7 Å². The van der Waals surface area contributed by atoms with Crippen LogP contribution in [-0.4, -0.2) is 28.3 Å². The Balaban J connectivity index is 1.61. The minimum absolute atomic E-state index is 0.677. The largest absolute Gasteiger partial charge is 0.497 e. The summed E-state index contributed by atoms with van der Waals surface area (Å²) in [4.78, 5) is 21.5. The van der Waals surface area contributed by atoms with Gasteiger partial charge in [-0.1, -0.05) is 12.8 Å². The summed E-state index contributed by atoms with van der Waals surface area (Å²) >= 11 is 0. The number of nitrogens with one attached hydrogen (secondary N) is 2. The Hall–Kier alpha value is -2.56. The van der Waals surface area contributed by atoms with Crippen molar-refractivity contribution >= 4 is 17.2 Å². The van der Waals surface area contributed by atoms with Crippen LogP contribution in [0.1, 0.15) is 37.9 Å². The van der Waals surface area contributed by atoms with Gasteiger partial charge in [0.25, 0.3) is 0 Å². The lowest BCUT2D eigenvalue weighted by atomic mass is 10.1. The van der Waals surface area contributed by atoms with Crippen LogP contribution in [0.5, 0.6) is 5.75 Å². The lowest BCUT2D eigenvalue weighted by molar-refractivity contribution is -0.107. The summed E-state index contributed by atoms with van der Waals surface area (Å²) in [6.07, 6.45) is 8.82. The van der Waals surface area contributed by atoms with Crippen LogP contribution in [0.3, 0.4) is 0 Å². The summed E-state index contributed by atoms with van der Waals surface area (Å²) in [6, 6.07) is 8.10. The standard InChI is InChI=1S/C19H23N3O2/c1-24-15-8-9-16-14(11-15)12-17(21-16)18-13-20-19(22-18)7-5-3-2-4-6-10-23/h8-13,21H,2-7H2,1H3,(H,20,22). The maximum Gasteiger partial charge on any atom is 0.119 e. The Morgan fingerprint density at radius 3 is 2.79 bits per heavy atom. The third kappa shape index (κ3) is 3.85. The third-order valence-corrected chi connectivity index (χ3v) is 4.23. The van der Waals surface area contributed by atoms with Gasteiger partial charge in [0.2, 0.25) is 0 Å². The summed E-state index contributed by atoms with van der Waals surface area (Å²) in [5.41, 5.74) is 3.11. The lowest BCUT2D eigenvalue weighted by Crippen LogP contribution is -1.89. The number of ether oxygens (including phenoxy) is 1. The molecule has 24 heavy (non-hydrogen) atoms. The first kappa shape index (κ1) is 16.3. The number of benzene rings is 1. The molecule has 0 saturated carbocycles. The minimum Gasteiger partial charge on any atom is -0.497 e. The van der Waals surface area contributed by atoms with Crippen molar-refractivity contribution in [2.75, 3.05) is 7.11 Å². The highest BCUT2D eigenvalue weighted by Crippen LogP contribution is 2.26. The van der Waals surface area contributed by atoms with Crippen LogP contribution in [0.25, 0.3) is 22.3 Å². The molecule has 0 unspecified atom stereocenters. The first-order valence-electron chi connectivity index (χ1n) is 8.45. The molecule has 0 aliphatic carbocycles. The van der Waals surface area contributed by atoms with Crippen LogP contribution in [0.15, 0.2) is 30.5 Å². The molecule has 0 bridgehead atoms.